The van der Waals surface area contributed by atoms with Gasteiger partial charge in [0.2, 0.25) is 11.7 Å². The third-order valence-electron chi connectivity index (χ3n) is 4.52. The van der Waals surface area contributed by atoms with E-state index in [0.717, 1.165) is 27.8 Å². The molecule has 4 rings (SSSR count). The number of halogens is 1. The second kappa shape index (κ2) is 7.09. The minimum absolute atomic E-state index is 0.0304. The zero-order valence-electron chi connectivity index (χ0n) is 14.0. The lowest BCUT2D eigenvalue weighted by Gasteiger charge is -2.33. The summed E-state index contributed by atoms with van der Waals surface area (Å²) >= 11 is 7.54. The Morgan fingerprint density at radius 3 is 2.70 bits per heavy atom. The third kappa shape index (κ3) is 3.31. The lowest BCUT2D eigenvalue weighted by atomic mass is 10.0. The van der Waals surface area contributed by atoms with Gasteiger partial charge in [-0.1, -0.05) is 12.1 Å². The minimum Gasteiger partial charge on any atom is -0.352 e. The first kappa shape index (κ1) is 17.6. The summed E-state index contributed by atoms with van der Waals surface area (Å²) in [6.07, 6.45) is 0.846. The molecule has 0 saturated carbocycles. The van der Waals surface area contributed by atoms with Crippen LogP contribution in [0.4, 0.5) is 11.5 Å². The van der Waals surface area contributed by atoms with Gasteiger partial charge in [-0.3, -0.25) is 14.9 Å². The Morgan fingerprint density at radius 1 is 1.22 bits per heavy atom. The molecule has 1 aromatic carbocycles. The van der Waals surface area contributed by atoms with Crippen LogP contribution < -0.4 is 4.90 Å². The Labute approximate surface area is 163 Å². The largest absolute Gasteiger partial charge is 0.352 e. The van der Waals surface area contributed by atoms with Gasteiger partial charge in [0.15, 0.2) is 0 Å². The maximum Gasteiger partial charge on any atom is 0.270 e. The van der Waals surface area contributed by atoms with Gasteiger partial charge in [-0.15, -0.1) is 11.3 Å². The van der Waals surface area contributed by atoms with E-state index in [4.69, 9.17) is 11.6 Å². The lowest BCUT2D eigenvalue weighted by Crippen LogP contribution is -2.46. The molecular formula is C17H14ClN5O3S. The zero-order chi connectivity index (χ0) is 19.0. The number of anilines is 1. The predicted molar refractivity (Wildman–Crippen MR) is 104 cm³/mol. The van der Waals surface area contributed by atoms with Crippen molar-refractivity contribution >= 4 is 51.1 Å². The molecule has 0 unspecified atom stereocenters. The highest BCUT2D eigenvalue weighted by Crippen LogP contribution is 2.39. The highest BCUT2D eigenvalue weighted by Gasteiger charge is 2.23. The molecule has 3 aromatic rings. The fourth-order valence-electron chi connectivity index (χ4n) is 3.17. The van der Waals surface area contributed by atoms with Crippen molar-refractivity contribution in [2.45, 2.75) is 0 Å². The molecule has 0 atom stereocenters. The fraction of sp³-hybridized carbons (Fsp3) is 0.235. The molecule has 0 aliphatic carbocycles. The fourth-order valence-corrected chi connectivity index (χ4v) is 4.32. The van der Waals surface area contributed by atoms with Gasteiger partial charge >= 0.3 is 0 Å². The molecule has 1 fully saturated rings. The molecule has 0 spiro atoms. The van der Waals surface area contributed by atoms with E-state index in [1.807, 2.05) is 11.4 Å². The number of benzene rings is 1. The number of rotatable bonds is 4. The molecule has 1 saturated heterocycles. The minimum atomic E-state index is -0.412. The van der Waals surface area contributed by atoms with E-state index in [0.29, 0.717) is 32.0 Å². The second-order valence-corrected chi connectivity index (χ2v) is 7.28. The van der Waals surface area contributed by atoms with Gasteiger partial charge in [0.1, 0.15) is 10.6 Å². The van der Waals surface area contributed by atoms with Crippen LogP contribution in [0.2, 0.25) is 5.28 Å². The van der Waals surface area contributed by atoms with E-state index >= 15 is 0 Å². The van der Waals surface area contributed by atoms with Gasteiger partial charge in [-0.2, -0.15) is 4.98 Å². The molecule has 8 nitrogen and oxygen atoms in total. The third-order valence-corrected chi connectivity index (χ3v) is 5.56. The van der Waals surface area contributed by atoms with Crippen molar-refractivity contribution in [3.63, 3.8) is 0 Å². The highest BCUT2D eigenvalue weighted by atomic mass is 35.5. The number of aromatic nitrogens is 2. The van der Waals surface area contributed by atoms with Crippen LogP contribution in [0, 0.1) is 10.1 Å². The molecule has 0 radical (unpaired) electrons. The van der Waals surface area contributed by atoms with Crippen molar-refractivity contribution in [3.05, 3.63) is 45.0 Å². The van der Waals surface area contributed by atoms with Crippen molar-refractivity contribution in [2.24, 2.45) is 0 Å². The van der Waals surface area contributed by atoms with Crippen molar-refractivity contribution in [2.75, 3.05) is 31.1 Å². The van der Waals surface area contributed by atoms with Crippen LogP contribution in [0.25, 0.3) is 21.3 Å². The Kier molecular flexibility index (Phi) is 4.63. The first-order chi connectivity index (χ1) is 13.1. The number of non-ortho nitro benzene ring substituents is 1. The molecule has 10 heteroatoms. The molecule has 1 aliphatic heterocycles. The van der Waals surface area contributed by atoms with E-state index < -0.39 is 4.92 Å². The number of piperazine rings is 1. The maximum atomic E-state index is 11.1. The number of carbonyl (C=O) groups is 1. The smallest absolute Gasteiger partial charge is 0.270 e. The molecule has 2 aromatic heterocycles. The van der Waals surface area contributed by atoms with Crippen molar-refractivity contribution in [1.29, 1.82) is 0 Å². The van der Waals surface area contributed by atoms with E-state index in [9.17, 15) is 14.9 Å². The number of amides is 1. The quantitative estimate of drug-likeness (QED) is 0.287. The molecule has 138 valence electrons. The number of fused-ring (bicyclic) bond motifs is 1. The van der Waals surface area contributed by atoms with E-state index in [1.54, 1.807) is 17.0 Å². The summed E-state index contributed by atoms with van der Waals surface area (Å²) in [7, 11) is 0. The van der Waals surface area contributed by atoms with E-state index in [2.05, 4.69) is 14.9 Å². The molecule has 1 aliphatic rings. The Morgan fingerprint density at radius 2 is 2.00 bits per heavy atom. The van der Waals surface area contributed by atoms with Gasteiger partial charge in [0.25, 0.3) is 5.69 Å². The van der Waals surface area contributed by atoms with Crippen LogP contribution in [-0.4, -0.2) is 52.4 Å². The number of nitro groups is 1. The average Bonchev–Trinajstić information content (AvgIpc) is 3.11. The molecule has 27 heavy (non-hydrogen) atoms. The Balaban J connectivity index is 1.83. The number of nitro benzene ring substituents is 1. The van der Waals surface area contributed by atoms with Crippen LogP contribution in [0.1, 0.15) is 0 Å². The lowest BCUT2D eigenvalue weighted by molar-refractivity contribution is -0.384. The van der Waals surface area contributed by atoms with E-state index in [1.165, 1.54) is 17.4 Å². The average molecular weight is 404 g/mol. The van der Waals surface area contributed by atoms with Gasteiger partial charge in [0, 0.05) is 49.3 Å². The summed E-state index contributed by atoms with van der Waals surface area (Å²) in [4.78, 5) is 34.9. The van der Waals surface area contributed by atoms with Crippen LogP contribution >= 0.6 is 22.9 Å². The normalized spacial score (nSPS) is 14.6. The van der Waals surface area contributed by atoms with Gasteiger partial charge < -0.3 is 9.80 Å². The number of hydrogen-bond acceptors (Lipinski definition) is 7. The zero-order valence-corrected chi connectivity index (χ0v) is 15.6. The molecule has 1 amide bonds. The van der Waals surface area contributed by atoms with Crippen molar-refractivity contribution in [1.82, 2.24) is 14.9 Å². The Hall–Kier alpha value is -2.78. The number of nitrogens with zero attached hydrogens (tertiary/aromatic N) is 5. The van der Waals surface area contributed by atoms with Crippen LogP contribution in [0.3, 0.4) is 0 Å². The monoisotopic (exact) mass is 403 g/mol. The van der Waals surface area contributed by atoms with Crippen molar-refractivity contribution < 1.29 is 9.72 Å². The Bertz CT molecular complexity index is 1030. The number of carbonyl (C=O) groups excluding carboxylic acids is 1. The number of hydrogen-bond donors (Lipinski definition) is 0. The van der Waals surface area contributed by atoms with Crippen molar-refractivity contribution in [3.8, 4) is 11.1 Å². The maximum absolute atomic E-state index is 11.1. The molecule has 0 bridgehead atoms. The van der Waals surface area contributed by atoms with E-state index in [-0.39, 0.29) is 11.0 Å². The SMILES string of the molecule is O=CN1CCN(c2nc(Cl)nc3scc(-c4cccc([N+](=O)[O-])c4)c23)CC1. The van der Waals surface area contributed by atoms with Gasteiger partial charge in [-0.25, -0.2) is 4.98 Å². The first-order valence-electron chi connectivity index (χ1n) is 8.20. The summed E-state index contributed by atoms with van der Waals surface area (Å²) in [5.41, 5.74) is 1.60. The summed E-state index contributed by atoms with van der Waals surface area (Å²) < 4.78 is 0. The highest BCUT2D eigenvalue weighted by molar-refractivity contribution is 7.17. The second-order valence-electron chi connectivity index (χ2n) is 6.08. The van der Waals surface area contributed by atoms with Crippen LogP contribution in [0.5, 0.6) is 0 Å². The number of thiophene rings is 1. The first-order valence-corrected chi connectivity index (χ1v) is 9.46. The standard InChI is InChI=1S/C17H14ClN5O3S/c18-17-19-15(22-6-4-21(10-24)5-7-22)14-13(9-27-16(14)20-17)11-2-1-3-12(8-11)23(25)26/h1-3,8-10H,4-7H2. The van der Waals surface area contributed by atoms with Gasteiger partial charge in [0.05, 0.1) is 10.3 Å². The predicted octanol–water partition coefficient (Wildman–Crippen LogP) is 3.20. The van der Waals surface area contributed by atoms with Crippen LogP contribution in [0.15, 0.2) is 29.6 Å². The van der Waals surface area contributed by atoms with Gasteiger partial charge in [-0.05, 0) is 17.2 Å². The molecular weight excluding hydrogens is 390 g/mol. The summed E-state index contributed by atoms with van der Waals surface area (Å²) in [5.74, 6) is 0.693. The topological polar surface area (TPSA) is 92.5 Å². The summed E-state index contributed by atoms with van der Waals surface area (Å²) in [6.45, 7) is 2.46. The molecule has 0 N–H and O–H groups in total. The summed E-state index contributed by atoms with van der Waals surface area (Å²) in [6, 6.07) is 6.50. The molecule has 3 heterocycles. The summed E-state index contributed by atoms with van der Waals surface area (Å²) in [5, 5.41) is 14.0. The van der Waals surface area contributed by atoms with Crippen LogP contribution in [-0.2, 0) is 4.79 Å².